The summed E-state index contributed by atoms with van der Waals surface area (Å²) in [4.78, 5) is 23.5. The molecule has 2 unspecified atom stereocenters. The average molecular weight is 568 g/mol. The van der Waals surface area contributed by atoms with Crippen molar-refractivity contribution in [2.45, 2.75) is 64.4 Å². The van der Waals surface area contributed by atoms with Gasteiger partial charge in [-0.1, -0.05) is 79.8 Å². The van der Waals surface area contributed by atoms with Crippen LogP contribution in [-0.2, 0) is 23.1 Å². The Balaban J connectivity index is 3.80. The number of allylic oxidation sites excluding steroid dienone is 12. The number of carbonyl (C=O) groups excluding carboxylic acids is 1. The number of hydrogen-bond acceptors (Lipinski definition) is 7. The minimum atomic E-state index is -4.51. The van der Waals surface area contributed by atoms with E-state index in [4.69, 9.17) is 9.26 Å². The topological polar surface area (TPSA) is 105 Å². The highest BCUT2D eigenvalue weighted by atomic mass is 31.2. The van der Waals surface area contributed by atoms with E-state index in [1.807, 2.05) is 33.3 Å². The van der Waals surface area contributed by atoms with Crippen LogP contribution in [0.25, 0.3) is 0 Å². The molecule has 0 aromatic carbocycles. The number of phosphoric ester groups is 1. The van der Waals surface area contributed by atoms with E-state index in [1.165, 1.54) is 0 Å². The molecule has 0 spiro atoms. The van der Waals surface area contributed by atoms with E-state index in [2.05, 4.69) is 72.2 Å². The number of aliphatic hydroxyl groups excluding tert-OH is 1. The molecule has 39 heavy (non-hydrogen) atoms. The molecule has 0 amide bonds. The molecule has 0 fully saturated rings. The molecule has 2 atom stereocenters. The van der Waals surface area contributed by atoms with Gasteiger partial charge in [-0.05, 0) is 44.9 Å². The van der Waals surface area contributed by atoms with Gasteiger partial charge in [0.1, 0.15) is 25.9 Å². The van der Waals surface area contributed by atoms with Crippen LogP contribution in [0.1, 0.15) is 58.3 Å². The van der Waals surface area contributed by atoms with Gasteiger partial charge in [0.15, 0.2) is 0 Å². The molecule has 0 saturated heterocycles. The maximum atomic E-state index is 11.8. The van der Waals surface area contributed by atoms with Crippen LogP contribution in [0.3, 0.4) is 0 Å². The summed E-state index contributed by atoms with van der Waals surface area (Å²) in [5.41, 5.74) is 0. The van der Waals surface area contributed by atoms with Crippen LogP contribution in [0.15, 0.2) is 72.9 Å². The quantitative estimate of drug-likeness (QED) is 0.0744. The second-order valence-electron chi connectivity index (χ2n) is 9.88. The molecule has 0 aliphatic carbocycles. The highest BCUT2D eigenvalue weighted by Crippen LogP contribution is 2.38. The van der Waals surface area contributed by atoms with Crippen LogP contribution in [0.5, 0.6) is 0 Å². The van der Waals surface area contributed by atoms with Crippen LogP contribution in [0, 0.1) is 0 Å². The van der Waals surface area contributed by atoms with Crippen molar-refractivity contribution >= 4 is 13.8 Å². The highest BCUT2D eigenvalue weighted by molar-refractivity contribution is 7.45. The molecule has 0 rings (SSSR count). The third kappa shape index (κ3) is 28.8. The van der Waals surface area contributed by atoms with Crippen molar-refractivity contribution in [2.24, 2.45) is 0 Å². The number of quaternary nitrogens is 1. The molecular formula is C30H50NO7P. The standard InChI is InChI=1S/C30H50NO7P/c1-5-6-7-8-9-10-11-12-13-14-15-16-17-18-19-20-21-22-23-24-30(33)36-27-29(32)28-38-39(34,35)37-26-25-31(2,3)4/h6-7,9-10,12-13,15-16,18-19,21-22,29,32H,5,8,11,14,17,20,23-28H2,1-4H3/b7-6-,10-9-,13-12-,16-15-,19-18-,22-21-. The number of esters is 1. The lowest BCUT2D eigenvalue weighted by Crippen LogP contribution is -2.37. The lowest BCUT2D eigenvalue weighted by atomic mass is 10.2. The summed E-state index contributed by atoms with van der Waals surface area (Å²) in [6.07, 6.45) is 30.5. The highest BCUT2D eigenvalue weighted by Gasteiger charge is 2.16. The molecule has 0 radical (unpaired) electrons. The van der Waals surface area contributed by atoms with E-state index in [0.717, 1.165) is 38.5 Å². The minimum absolute atomic E-state index is 0.0239. The van der Waals surface area contributed by atoms with Gasteiger partial charge in [-0.3, -0.25) is 9.36 Å². The van der Waals surface area contributed by atoms with Crippen molar-refractivity contribution in [1.29, 1.82) is 0 Å². The third-order valence-corrected chi connectivity index (χ3v) is 5.95. The second-order valence-corrected chi connectivity index (χ2v) is 11.3. The summed E-state index contributed by atoms with van der Waals surface area (Å²) in [5, 5.41) is 9.80. The fourth-order valence-corrected chi connectivity index (χ4v) is 3.53. The Morgan fingerprint density at radius 1 is 0.795 bits per heavy atom. The van der Waals surface area contributed by atoms with Crippen molar-refractivity contribution < 1.29 is 37.6 Å². The number of aliphatic hydroxyl groups is 1. The second kappa shape index (κ2) is 23.8. The first-order valence-electron chi connectivity index (χ1n) is 13.7. The molecule has 8 nitrogen and oxygen atoms in total. The molecule has 0 aliphatic heterocycles. The van der Waals surface area contributed by atoms with Gasteiger partial charge in [-0.15, -0.1) is 0 Å². The summed E-state index contributed by atoms with van der Waals surface area (Å²) in [6, 6.07) is 0. The molecular weight excluding hydrogens is 517 g/mol. The number of ether oxygens (including phenoxy) is 1. The number of hydrogen-bond donors (Lipinski definition) is 1. The van der Waals surface area contributed by atoms with Gasteiger partial charge in [0, 0.05) is 6.42 Å². The molecule has 222 valence electrons. The average Bonchev–Trinajstić information content (AvgIpc) is 2.86. The number of rotatable bonds is 23. The van der Waals surface area contributed by atoms with Crippen LogP contribution in [0.4, 0.5) is 0 Å². The number of carbonyl (C=O) groups is 1. The molecule has 0 saturated carbocycles. The molecule has 0 aromatic heterocycles. The predicted octanol–water partition coefficient (Wildman–Crippen LogP) is 5.58. The Morgan fingerprint density at radius 3 is 1.72 bits per heavy atom. The van der Waals surface area contributed by atoms with Gasteiger partial charge in [0.05, 0.1) is 27.7 Å². The van der Waals surface area contributed by atoms with E-state index in [0.29, 0.717) is 17.4 Å². The number of likely N-dealkylation sites (N-methyl/N-ethyl adjacent to an activating group) is 1. The maximum absolute atomic E-state index is 11.8. The first kappa shape index (κ1) is 36.9. The molecule has 0 aromatic rings. The third-order valence-electron chi connectivity index (χ3n) is 4.98. The van der Waals surface area contributed by atoms with Gasteiger partial charge >= 0.3 is 5.97 Å². The molecule has 9 heteroatoms. The Labute approximate surface area is 236 Å². The van der Waals surface area contributed by atoms with Crippen molar-refractivity contribution in [1.82, 2.24) is 0 Å². The number of phosphoric acid groups is 1. The Bertz CT molecular complexity index is 854. The molecule has 0 heterocycles. The predicted molar refractivity (Wildman–Crippen MR) is 157 cm³/mol. The van der Waals surface area contributed by atoms with E-state index in [-0.39, 0.29) is 19.6 Å². The van der Waals surface area contributed by atoms with E-state index in [9.17, 15) is 19.4 Å². The molecule has 1 N–H and O–H groups in total. The zero-order valence-corrected chi connectivity index (χ0v) is 25.2. The summed E-state index contributed by atoms with van der Waals surface area (Å²) >= 11 is 0. The van der Waals surface area contributed by atoms with Crippen molar-refractivity contribution in [2.75, 3.05) is 47.5 Å². The van der Waals surface area contributed by atoms with E-state index in [1.54, 1.807) is 0 Å². The summed E-state index contributed by atoms with van der Waals surface area (Å²) < 4.78 is 26.6. The molecule has 0 bridgehead atoms. The smallest absolute Gasteiger partial charge is 0.306 e. The van der Waals surface area contributed by atoms with Gasteiger partial charge in [0.25, 0.3) is 7.82 Å². The van der Waals surface area contributed by atoms with Crippen LogP contribution >= 0.6 is 7.82 Å². The summed E-state index contributed by atoms with van der Waals surface area (Å²) in [6.45, 7) is 1.71. The lowest BCUT2D eigenvalue weighted by molar-refractivity contribution is -0.870. The van der Waals surface area contributed by atoms with Crippen LogP contribution < -0.4 is 4.89 Å². The largest absolute Gasteiger partial charge is 0.756 e. The van der Waals surface area contributed by atoms with Crippen molar-refractivity contribution in [3.05, 3.63) is 72.9 Å². The van der Waals surface area contributed by atoms with Gasteiger partial charge in [-0.25, -0.2) is 0 Å². The summed E-state index contributed by atoms with van der Waals surface area (Å²) in [5.74, 6) is -0.474. The SMILES string of the molecule is CC/C=C\C/C=C\C/C=C\C/C=C\C/C=C\C/C=C\CCC(=O)OCC(O)COP(=O)([O-])OCC[N+](C)(C)C. The first-order chi connectivity index (χ1) is 18.6. The normalized spacial score (nSPS) is 15.5. The first-order valence-corrected chi connectivity index (χ1v) is 15.2. The van der Waals surface area contributed by atoms with Gasteiger partial charge in [0.2, 0.25) is 0 Å². The van der Waals surface area contributed by atoms with E-state index < -0.39 is 26.5 Å². The minimum Gasteiger partial charge on any atom is -0.756 e. The van der Waals surface area contributed by atoms with E-state index >= 15 is 0 Å². The Kier molecular flexibility index (Phi) is 22.5. The fraction of sp³-hybridized carbons (Fsp3) is 0.567. The Hall–Kier alpha value is -2.06. The van der Waals surface area contributed by atoms with Gasteiger partial charge < -0.3 is 28.3 Å². The lowest BCUT2D eigenvalue weighted by Gasteiger charge is -2.27. The Morgan fingerprint density at radius 2 is 1.26 bits per heavy atom. The summed E-state index contributed by atoms with van der Waals surface area (Å²) in [7, 11) is 1.19. The van der Waals surface area contributed by atoms with Crippen molar-refractivity contribution in [3.8, 4) is 0 Å². The van der Waals surface area contributed by atoms with Crippen LogP contribution in [0.2, 0.25) is 0 Å². The fourth-order valence-electron chi connectivity index (χ4n) is 2.79. The monoisotopic (exact) mass is 567 g/mol. The molecule has 0 aliphatic rings. The van der Waals surface area contributed by atoms with Gasteiger partial charge in [-0.2, -0.15) is 0 Å². The van der Waals surface area contributed by atoms with Crippen molar-refractivity contribution in [3.63, 3.8) is 0 Å². The zero-order valence-electron chi connectivity index (χ0n) is 24.3. The zero-order chi connectivity index (χ0) is 29.2. The number of nitrogens with zero attached hydrogens (tertiary/aromatic N) is 1. The van der Waals surface area contributed by atoms with Crippen LogP contribution in [-0.4, -0.2) is 69.2 Å². The maximum Gasteiger partial charge on any atom is 0.306 e.